The average molecular weight is 525 g/mol. The van der Waals surface area contributed by atoms with Crippen molar-refractivity contribution in [3.8, 4) is 11.5 Å². The summed E-state index contributed by atoms with van der Waals surface area (Å²) in [5.74, 6) is -0.211. The third-order valence-corrected chi connectivity index (χ3v) is 6.95. The van der Waals surface area contributed by atoms with E-state index in [9.17, 15) is 9.59 Å². The van der Waals surface area contributed by atoms with Crippen LogP contribution in [0.25, 0.3) is 0 Å². The van der Waals surface area contributed by atoms with Crippen LogP contribution in [-0.2, 0) is 10.3 Å². The zero-order valence-electron chi connectivity index (χ0n) is 20.5. The molecule has 9 heteroatoms. The second-order valence-corrected chi connectivity index (χ2v) is 9.41. The summed E-state index contributed by atoms with van der Waals surface area (Å²) in [5, 5.41) is 10.3. The molecule has 4 aromatic rings. The SMILES string of the molecule is COc1cc(/C=N\NC(=O)C2=NNC(c3ccccc3)(c3ccccc3)C2)ccc1OC(=O)c1cccs1. The van der Waals surface area contributed by atoms with Crippen molar-refractivity contribution in [2.45, 2.75) is 12.0 Å². The number of esters is 1. The monoisotopic (exact) mass is 524 g/mol. The second kappa shape index (κ2) is 11.1. The lowest BCUT2D eigenvalue weighted by atomic mass is 9.80. The van der Waals surface area contributed by atoms with Gasteiger partial charge in [0.05, 0.1) is 13.3 Å². The number of benzene rings is 3. The Morgan fingerprint density at radius 3 is 2.32 bits per heavy atom. The van der Waals surface area contributed by atoms with Crippen LogP contribution in [0.1, 0.15) is 32.8 Å². The average Bonchev–Trinajstić information content (AvgIpc) is 3.67. The molecular formula is C29H24N4O4S. The van der Waals surface area contributed by atoms with Gasteiger partial charge in [0.25, 0.3) is 5.91 Å². The highest BCUT2D eigenvalue weighted by Gasteiger charge is 2.41. The number of hydrazone groups is 2. The highest BCUT2D eigenvalue weighted by Crippen LogP contribution is 2.36. The number of nitrogens with zero attached hydrogens (tertiary/aromatic N) is 2. The number of carbonyl (C=O) groups is 2. The molecule has 5 rings (SSSR count). The zero-order valence-corrected chi connectivity index (χ0v) is 21.3. The normalized spacial score (nSPS) is 14.0. The molecular weight excluding hydrogens is 500 g/mol. The Balaban J connectivity index is 1.26. The number of methoxy groups -OCH3 is 1. The molecule has 2 N–H and O–H groups in total. The first-order chi connectivity index (χ1) is 18.6. The maximum Gasteiger partial charge on any atom is 0.353 e. The zero-order chi connectivity index (χ0) is 26.4. The van der Waals surface area contributed by atoms with Crippen LogP contribution in [0.3, 0.4) is 0 Å². The lowest BCUT2D eigenvalue weighted by molar-refractivity contribution is -0.114. The second-order valence-electron chi connectivity index (χ2n) is 8.46. The summed E-state index contributed by atoms with van der Waals surface area (Å²) in [4.78, 5) is 25.7. The molecule has 0 unspecified atom stereocenters. The van der Waals surface area contributed by atoms with Gasteiger partial charge in [0.1, 0.15) is 16.1 Å². The molecule has 1 amide bonds. The highest BCUT2D eigenvalue weighted by molar-refractivity contribution is 7.12. The standard InChI is InChI=1S/C29H24N4O4S/c1-36-25-17-20(14-15-24(25)37-28(35)26-13-8-16-38-26)19-30-32-27(34)23-18-29(33-31-23,21-9-4-2-5-10-21)22-11-6-3-7-12-22/h2-17,19,33H,18H2,1H3,(H,32,34)/b30-19-. The third kappa shape index (κ3) is 5.18. The van der Waals surface area contributed by atoms with Crippen molar-refractivity contribution in [3.05, 3.63) is 118 Å². The molecule has 1 aliphatic heterocycles. The van der Waals surface area contributed by atoms with Crippen LogP contribution in [0, 0.1) is 0 Å². The van der Waals surface area contributed by atoms with Crippen LogP contribution in [0.2, 0.25) is 0 Å². The summed E-state index contributed by atoms with van der Waals surface area (Å²) in [6.07, 6.45) is 1.84. The predicted molar refractivity (Wildman–Crippen MR) is 147 cm³/mol. The highest BCUT2D eigenvalue weighted by atomic mass is 32.1. The minimum Gasteiger partial charge on any atom is -0.493 e. The Morgan fingerprint density at radius 1 is 0.974 bits per heavy atom. The van der Waals surface area contributed by atoms with Crippen LogP contribution in [0.5, 0.6) is 11.5 Å². The van der Waals surface area contributed by atoms with Crippen molar-refractivity contribution in [2.24, 2.45) is 10.2 Å². The quantitative estimate of drug-likeness (QED) is 0.150. The van der Waals surface area contributed by atoms with Crippen molar-refractivity contribution in [2.75, 3.05) is 7.11 Å². The minimum atomic E-state index is -0.650. The van der Waals surface area contributed by atoms with Crippen LogP contribution in [0.4, 0.5) is 0 Å². The van der Waals surface area contributed by atoms with Crippen molar-refractivity contribution in [1.82, 2.24) is 10.9 Å². The first-order valence-electron chi connectivity index (χ1n) is 11.8. The number of hydrogen-bond acceptors (Lipinski definition) is 8. The summed E-state index contributed by atoms with van der Waals surface area (Å²) >= 11 is 1.30. The van der Waals surface area contributed by atoms with Gasteiger partial charge in [-0.1, -0.05) is 66.7 Å². The number of ether oxygens (including phenoxy) is 2. The molecule has 0 bridgehead atoms. The molecule has 8 nitrogen and oxygen atoms in total. The topological polar surface area (TPSA) is 101 Å². The van der Waals surface area contributed by atoms with E-state index in [2.05, 4.69) is 21.1 Å². The number of hydrogen-bond donors (Lipinski definition) is 2. The van der Waals surface area contributed by atoms with Crippen molar-refractivity contribution in [1.29, 1.82) is 0 Å². The molecule has 2 heterocycles. The fourth-order valence-corrected chi connectivity index (χ4v) is 4.79. The van der Waals surface area contributed by atoms with E-state index in [0.717, 1.165) is 11.1 Å². The molecule has 190 valence electrons. The summed E-state index contributed by atoms with van der Waals surface area (Å²) in [7, 11) is 1.48. The minimum absolute atomic E-state index is 0.289. The summed E-state index contributed by atoms with van der Waals surface area (Å²) in [5.41, 5.74) is 8.11. The number of nitrogens with one attached hydrogen (secondary N) is 2. The van der Waals surface area contributed by atoms with Crippen LogP contribution < -0.4 is 20.3 Å². The molecule has 0 saturated heterocycles. The Bertz CT molecular complexity index is 1450. The number of rotatable bonds is 8. The van der Waals surface area contributed by atoms with Gasteiger partial charge in [0.15, 0.2) is 11.5 Å². The van der Waals surface area contributed by atoms with Crippen molar-refractivity contribution < 1.29 is 19.1 Å². The summed E-state index contributed by atoms with van der Waals surface area (Å²) in [6.45, 7) is 0. The van der Waals surface area contributed by atoms with Gasteiger partial charge in [-0.2, -0.15) is 10.2 Å². The molecule has 0 aliphatic carbocycles. The molecule has 0 fully saturated rings. The van der Waals surface area contributed by atoms with E-state index in [0.29, 0.717) is 28.3 Å². The number of thiophene rings is 1. The van der Waals surface area contributed by atoms with Crippen molar-refractivity contribution >= 4 is 35.1 Å². The van der Waals surface area contributed by atoms with Gasteiger partial charge in [0.2, 0.25) is 0 Å². The van der Waals surface area contributed by atoms with Gasteiger partial charge in [-0.05, 0) is 46.3 Å². The predicted octanol–water partition coefficient (Wildman–Crippen LogP) is 4.72. The fraction of sp³-hybridized carbons (Fsp3) is 0.103. The van der Waals surface area contributed by atoms with E-state index in [1.807, 2.05) is 60.7 Å². The molecule has 3 aromatic carbocycles. The lowest BCUT2D eigenvalue weighted by Gasteiger charge is -2.30. The van der Waals surface area contributed by atoms with E-state index >= 15 is 0 Å². The van der Waals surface area contributed by atoms with Gasteiger partial charge >= 0.3 is 5.97 Å². The van der Waals surface area contributed by atoms with E-state index in [-0.39, 0.29) is 5.75 Å². The van der Waals surface area contributed by atoms with Gasteiger partial charge in [-0.15, -0.1) is 11.3 Å². The first-order valence-corrected chi connectivity index (χ1v) is 12.7. The summed E-state index contributed by atoms with van der Waals surface area (Å²) in [6, 6.07) is 28.3. The number of amides is 1. The lowest BCUT2D eigenvalue weighted by Crippen LogP contribution is -2.38. The fourth-order valence-electron chi connectivity index (χ4n) is 4.19. The Morgan fingerprint density at radius 2 is 1.68 bits per heavy atom. The van der Waals surface area contributed by atoms with E-state index in [1.54, 1.807) is 35.7 Å². The molecule has 1 aromatic heterocycles. The van der Waals surface area contributed by atoms with Gasteiger partial charge in [-0.25, -0.2) is 10.2 Å². The Hall–Kier alpha value is -4.76. The number of carbonyl (C=O) groups excluding carboxylic acids is 2. The smallest absolute Gasteiger partial charge is 0.353 e. The third-order valence-electron chi connectivity index (χ3n) is 6.10. The molecule has 0 atom stereocenters. The largest absolute Gasteiger partial charge is 0.493 e. The van der Waals surface area contributed by atoms with E-state index in [1.165, 1.54) is 24.7 Å². The van der Waals surface area contributed by atoms with E-state index in [4.69, 9.17) is 9.47 Å². The first kappa shape index (κ1) is 24.9. The Labute approximate surface area is 223 Å². The molecule has 0 radical (unpaired) electrons. The molecule has 38 heavy (non-hydrogen) atoms. The van der Waals surface area contributed by atoms with Crippen LogP contribution >= 0.6 is 11.3 Å². The summed E-state index contributed by atoms with van der Waals surface area (Å²) < 4.78 is 10.8. The maximum absolute atomic E-state index is 12.9. The van der Waals surface area contributed by atoms with Gasteiger partial charge in [0, 0.05) is 6.42 Å². The Kier molecular flexibility index (Phi) is 7.28. The van der Waals surface area contributed by atoms with Crippen LogP contribution in [-0.4, -0.2) is 30.9 Å². The molecule has 0 spiro atoms. The van der Waals surface area contributed by atoms with Gasteiger partial charge < -0.3 is 9.47 Å². The molecule has 1 aliphatic rings. The maximum atomic E-state index is 12.9. The molecule has 0 saturated carbocycles. The van der Waals surface area contributed by atoms with Crippen molar-refractivity contribution in [3.63, 3.8) is 0 Å². The van der Waals surface area contributed by atoms with Crippen LogP contribution in [0.15, 0.2) is 107 Å². The van der Waals surface area contributed by atoms with E-state index < -0.39 is 17.4 Å². The van der Waals surface area contributed by atoms with Gasteiger partial charge in [-0.3, -0.25) is 10.2 Å².